The number of nitrogens with zero attached hydrogens (tertiary/aromatic N) is 1. The highest BCUT2D eigenvalue weighted by Crippen LogP contribution is 2.22. The van der Waals surface area contributed by atoms with Crippen LogP contribution in [0.25, 0.3) is 0 Å². The molecule has 1 aliphatic heterocycles. The van der Waals surface area contributed by atoms with E-state index in [1.54, 1.807) is 0 Å². The second kappa shape index (κ2) is 3.80. The van der Waals surface area contributed by atoms with Crippen LogP contribution in [0.3, 0.4) is 0 Å². The van der Waals surface area contributed by atoms with Gasteiger partial charge in [0, 0.05) is 18.5 Å². The van der Waals surface area contributed by atoms with Crippen molar-refractivity contribution in [1.29, 1.82) is 0 Å². The summed E-state index contributed by atoms with van der Waals surface area (Å²) in [5.74, 6) is 0.0429. The van der Waals surface area contributed by atoms with Gasteiger partial charge in [0.1, 0.15) is 0 Å². The van der Waals surface area contributed by atoms with Gasteiger partial charge in [-0.3, -0.25) is 4.79 Å². The average Bonchev–Trinajstić information content (AvgIpc) is 2.65. The molecule has 1 amide bonds. The van der Waals surface area contributed by atoms with Gasteiger partial charge in [-0.1, -0.05) is 30.3 Å². The van der Waals surface area contributed by atoms with E-state index in [1.807, 2.05) is 30.3 Å². The number of aliphatic hydroxyl groups excluding tert-OH is 1. The Bertz CT molecular complexity index is 323. The molecule has 1 fully saturated rings. The molecule has 14 heavy (non-hydrogen) atoms. The fraction of sp³-hybridized carbons (Fsp3) is 0.364. The summed E-state index contributed by atoms with van der Waals surface area (Å²) in [4.78, 5) is 12.9. The third-order valence-corrected chi connectivity index (χ3v) is 2.50. The molecule has 1 heterocycles. The average molecular weight is 191 g/mol. The maximum atomic E-state index is 11.4. The van der Waals surface area contributed by atoms with Gasteiger partial charge in [0.15, 0.2) is 6.23 Å². The summed E-state index contributed by atoms with van der Waals surface area (Å²) in [7, 11) is 0. The van der Waals surface area contributed by atoms with Crippen LogP contribution in [0.2, 0.25) is 0 Å². The molecule has 1 unspecified atom stereocenters. The molecule has 0 bridgehead atoms. The van der Waals surface area contributed by atoms with Crippen molar-refractivity contribution in [3.8, 4) is 0 Å². The maximum Gasteiger partial charge on any atom is 0.224 e. The number of carbonyl (C=O) groups is 1. The Morgan fingerprint density at radius 2 is 2.00 bits per heavy atom. The highest BCUT2D eigenvalue weighted by atomic mass is 16.3. The smallest absolute Gasteiger partial charge is 0.224 e. The maximum absolute atomic E-state index is 11.4. The Morgan fingerprint density at radius 1 is 1.29 bits per heavy atom. The van der Waals surface area contributed by atoms with Gasteiger partial charge in [0.05, 0.1) is 0 Å². The minimum absolute atomic E-state index is 0.0429. The van der Waals surface area contributed by atoms with Crippen LogP contribution < -0.4 is 0 Å². The molecule has 1 N–H and O–H groups in total. The lowest BCUT2D eigenvalue weighted by molar-refractivity contribution is -0.136. The van der Waals surface area contributed by atoms with E-state index < -0.39 is 6.23 Å². The lowest BCUT2D eigenvalue weighted by atomic mass is 10.2. The van der Waals surface area contributed by atoms with Gasteiger partial charge in [-0.25, -0.2) is 0 Å². The lowest BCUT2D eigenvalue weighted by Crippen LogP contribution is -2.29. The Balaban J connectivity index is 2.16. The first-order chi connectivity index (χ1) is 6.79. The number of hydrogen-bond acceptors (Lipinski definition) is 2. The minimum atomic E-state index is -0.772. The number of carbonyl (C=O) groups excluding carboxylic acids is 1. The molecular weight excluding hydrogens is 178 g/mol. The molecule has 3 nitrogen and oxygen atoms in total. The second-order valence-electron chi connectivity index (χ2n) is 3.48. The normalized spacial score (nSPS) is 18.6. The molecule has 0 aromatic heterocycles. The van der Waals surface area contributed by atoms with Crippen LogP contribution >= 0.6 is 0 Å². The Hall–Kier alpha value is -1.35. The zero-order valence-electron chi connectivity index (χ0n) is 7.89. The van der Waals surface area contributed by atoms with E-state index >= 15 is 0 Å². The van der Waals surface area contributed by atoms with Crippen LogP contribution in [0, 0.1) is 0 Å². The summed E-state index contributed by atoms with van der Waals surface area (Å²) < 4.78 is 0. The van der Waals surface area contributed by atoms with Crippen molar-refractivity contribution >= 4 is 5.91 Å². The highest BCUT2D eigenvalue weighted by Gasteiger charge is 2.26. The van der Waals surface area contributed by atoms with E-state index in [0.29, 0.717) is 13.0 Å². The summed E-state index contributed by atoms with van der Waals surface area (Å²) >= 11 is 0. The van der Waals surface area contributed by atoms with Gasteiger partial charge in [-0.15, -0.1) is 0 Å². The fourth-order valence-corrected chi connectivity index (χ4v) is 1.73. The first-order valence-corrected chi connectivity index (χ1v) is 4.81. The molecule has 74 valence electrons. The van der Waals surface area contributed by atoms with Crippen molar-refractivity contribution in [2.75, 3.05) is 6.54 Å². The van der Waals surface area contributed by atoms with E-state index in [0.717, 1.165) is 12.0 Å². The third-order valence-electron chi connectivity index (χ3n) is 2.50. The van der Waals surface area contributed by atoms with Crippen molar-refractivity contribution in [2.24, 2.45) is 0 Å². The molecular formula is C11H13NO2. The molecule has 0 aliphatic carbocycles. The van der Waals surface area contributed by atoms with Gasteiger partial charge in [-0.2, -0.15) is 0 Å². The molecule has 3 heteroatoms. The van der Waals surface area contributed by atoms with E-state index in [2.05, 4.69) is 0 Å². The quantitative estimate of drug-likeness (QED) is 0.765. The highest BCUT2D eigenvalue weighted by molar-refractivity contribution is 5.78. The van der Waals surface area contributed by atoms with Gasteiger partial charge in [0.25, 0.3) is 0 Å². The first-order valence-electron chi connectivity index (χ1n) is 4.81. The van der Waals surface area contributed by atoms with E-state index in [-0.39, 0.29) is 5.91 Å². The number of benzene rings is 1. The first kappa shape index (κ1) is 9.21. The Morgan fingerprint density at radius 3 is 2.57 bits per heavy atom. The predicted octanol–water partition coefficient (Wildman–Crippen LogP) is 1.30. The zero-order chi connectivity index (χ0) is 9.97. The Kier molecular flexibility index (Phi) is 2.50. The van der Waals surface area contributed by atoms with Crippen molar-refractivity contribution in [2.45, 2.75) is 19.1 Å². The molecule has 0 radical (unpaired) electrons. The van der Waals surface area contributed by atoms with Gasteiger partial charge < -0.3 is 10.0 Å². The van der Waals surface area contributed by atoms with Crippen molar-refractivity contribution in [3.63, 3.8) is 0 Å². The SMILES string of the molecule is O=C1CCCN1C(O)c1ccccc1. The zero-order valence-corrected chi connectivity index (χ0v) is 7.89. The topological polar surface area (TPSA) is 40.5 Å². The molecule has 1 aliphatic rings. The molecule has 1 atom stereocenters. The molecule has 1 aromatic rings. The second-order valence-corrected chi connectivity index (χ2v) is 3.48. The third kappa shape index (κ3) is 1.63. The largest absolute Gasteiger partial charge is 0.369 e. The number of amides is 1. The summed E-state index contributed by atoms with van der Waals surface area (Å²) in [6.07, 6.45) is 0.637. The van der Waals surface area contributed by atoms with Crippen LogP contribution in [0.5, 0.6) is 0 Å². The van der Waals surface area contributed by atoms with Crippen molar-refractivity contribution in [1.82, 2.24) is 4.90 Å². The number of aliphatic hydroxyl groups is 1. The van der Waals surface area contributed by atoms with Gasteiger partial charge in [-0.05, 0) is 6.42 Å². The van der Waals surface area contributed by atoms with Crippen molar-refractivity contribution in [3.05, 3.63) is 35.9 Å². The fourth-order valence-electron chi connectivity index (χ4n) is 1.73. The predicted molar refractivity (Wildman–Crippen MR) is 52.3 cm³/mol. The molecule has 1 saturated heterocycles. The van der Waals surface area contributed by atoms with Crippen molar-refractivity contribution < 1.29 is 9.90 Å². The summed E-state index contributed by atoms with van der Waals surface area (Å²) in [6.45, 7) is 0.662. The summed E-state index contributed by atoms with van der Waals surface area (Å²) in [5.41, 5.74) is 0.780. The molecule has 1 aromatic carbocycles. The minimum Gasteiger partial charge on any atom is -0.369 e. The molecule has 0 saturated carbocycles. The van der Waals surface area contributed by atoms with Crippen LogP contribution in [-0.2, 0) is 4.79 Å². The molecule has 0 spiro atoms. The van der Waals surface area contributed by atoms with E-state index in [1.165, 1.54) is 4.90 Å². The van der Waals surface area contributed by atoms with Gasteiger partial charge in [0.2, 0.25) is 5.91 Å². The summed E-state index contributed by atoms with van der Waals surface area (Å²) in [6, 6.07) is 9.27. The van der Waals surface area contributed by atoms with Crippen LogP contribution in [-0.4, -0.2) is 22.5 Å². The molecule has 2 rings (SSSR count). The lowest BCUT2D eigenvalue weighted by Gasteiger charge is -2.22. The van der Waals surface area contributed by atoms with Crippen LogP contribution in [0.1, 0.15) is 24.6 Å². The summed E-state index contributed by atoms with van der Waals surface area (Å²) in [5, 5.41) is 9.90. The number of rotatable bonds is 2. The van der Waals surface area contributed by atoms with Crippen LogP contribution in [0.15, 0.2) is 30.3 Å². The Labute approximate surface area is 83.0 Å². The number of hydrogen-bond donors (Lipinski definition) is 1. The number of likely N-dealkylation sites (tertiary alicyclic amines) is 1. The standard InChI is InChI=1S/C11H13NO2/c13-10-7-4-8-12(10)11(14)9-5-2-1-3-6-9/h1-3,5-6,11,14H,4,7-8H2. The monoisotopic (exact) mass is 191 g/mol. The van der Waals surface area contributed by atoms with Crippen LogP contribution in [0.4, 0.5) is 0 Å². The van der Waals surface area contributed by atoms with E-state index in [9.17, 15) is 9.90 Å². The van der Waals surface area contributed by atoms with Gasteiger partial charge >= 0.3 is 0 Å². The van der Waals surface area contributed by atoms with E-state index in [4.69, 9.17) is 0 Å².